The number of aromatic nitrogens is 2. The summed E-state index contributed by atoms with van der Waals surface area (Å²) >= 11 is 0. The minimum atomic E-state index is -1.58. The molecule has 1 aliphatic carbocycles. The Morgan fingerprint density at radius 1 is 0.867 bits per heavy atom. The summed E-state index contributed by atoms with van der Waals surface area (Å²) < 4.78 is 12.7. The number of methoxy groups -OCH3 is 1. The summed E-state index contributed by atoms with van der Waals surface area (Å²) in [6.07, 6.45) is 4.20. The first kappa shape index (κ1) is 30.6. The van der Waals surface area contributed by atoms with Crippen molar-refractivity contribution in [2.24, 2.45) is 11.3 Å². The van der Waals surface area contributed by atoms with E-state index >= 15 is 0 Å². The number of hydrogen-bond acceptors (Lipinski definition) is 6. The first-order chi connectivity index (χ1) is 21.5. The van der Waals surface area contributed by atoms with Crippen LogP contribution >= 0.6 is 0 Å². The van der Waals surface area contributed by atoms with Gasteiger partial charge in [0.2, 0.25) is 0 Å². The number of nitrogens with zero attached hydrogens (tertiary/aromatic N) is 3. The highest BCUT2D eigenvalue weighted by Crippen LogP contribution is 2.59. The van der Waals surface area contributed by atoms with Gasteiger partial charge in [0.15, 0.2) is 0 Å². The molecule has 0 radical (unpaired) electrons. The van der Waals surface area contributed by atoms with Gasteiger partial charge in [0.05, 0.1) is 31.7 Å². The van der Waals surface area contributed by atoms with E-state index in [2.05, 4.69) is 41.4 Å². The molecule has 1 spiro atoms. The van der Waals surface area contributed by atoms with Gasteiger partial charge in [-0.1, -0.05) is 91.0 Å². The van der Waals surface area contributed by atoms with Gasteiger partial charge >= 0.3 is 12.1 Å². The molecule has 4 aromatic rings. The maximum atomic E-state index is 13.0. The maximum absolute atomic E-state index is 13.0. The number of esters is 1. The molecule has 1 aromatic heterocycles. The summed E-state index contributed by atoms with van der Waals surface area (Å²) in [6, 6.07) is 30.5. The molecule has 2 heterocycles. The predicted molar refractivity (Wildman–Crippen MR) is 170 cm³/mol. The van der Waals surface area contributed by atoms with Gasteiger partial charge in [-0.15, -0.1) is 0 Å². The second-order valence-electron chi connectivity index (χ2n) is 13.6. The molecule has 1 unspecified atom stereocenters. The van der Waals surface area contributed by atoms with Crippen molar-refractivity contribution in [3.8, 4) is 0 Å². The van der Waals surface area contributed by atoms with Gasteiger partial charge in [-0.2, -0.15) is 0 Å². The summed E-state index contributed by atoms with van der Waals surface area (Å²) in [5.41, 5.74) is 0.316. The summed E-state index contributed by atoms with van der Waals surface area (Å²) in [6.45, 7) is 6.70. The first-order valence-corrected chi connectivity index (χ1v) is 15.5. The van der Waals surface area contributed by atoms with Crippen LogP contribution in [0.15, 0.2) is 104 Å². The van der Waals surface area contributed by atoms with Crippen molar-refractivity contribution < 1.29 is 24.2 Å². The van der Waals surface area contributed by atoms with Gasteiger partial charge in [0.1, 0.15) is 16.7 Å². The molecule has 8 heteroatoms. The lowest BCUT2D eigenvalue weighted by atomic mass is 9.52. The third kappa shape index (κ3) is 5.41. The number of benzene rings is 3. The molecule has 0 bridgehead atoms. The van der Waals surface area contributed by atoms with E-state index in [1.165, 1.54) is 7.11 Å². The molecule has 3 aromatic carbocycles. The zero-order valence-corrected chi connectivity index (χ0v) is 26.3. The summed E-state index contributed by atoms with van der Waals surface area (Å²) in [7, 11) is 1.34. The van der Waals surface area contributed by atoms with Crippen molar-refractivity contribution in [3.05, 3.63) is 126 Å². The molecule has 45 heavy (non-hydrogen) atoms. The fourth-order valence-electron chi connectivity index (χ4n) is 7.37. The number of hydrogen-bond donors (Lipinski definition) is 1. The van der Waals surface area contributed by atoms with Crippen LogP contribution in [0.2, 0.25) is 0 Å². The van der Waals surface area contributed by atoms with E-state index in [-0.39, 0.29) is 23.8 Å². The molecule has 1 saturated carbocycles. The normalized spacial score (nSPS) is 17.6. The van der Waals surface area contributed by atoms with Crippen molar-refractivity contribution in [2.45, 2.75) is 56.8 Å². The monoisotopic (exact) mass is 607 g/mol. The van der Waals surface area contributed by atoms with Gasteiger partial charge in [-0.05, 0) is 56.2 Å². The number of likely N-dealkylation sites (tertiary alicyclic amines) is 1. The van der Waals surface area contributed by atoms with Crippen LogP contribution in [-0.4, -0.2) is 57.4 Å². The summed E-state index contributed by atoms with van der Waals surface area (Å²) in [4.78, 5) is 32.0. The Labute approximate surface area is 264 Å². The van der Waals surface area contributed by atoms with E-state index in [0.29, 0.717) is 31.6 Å². The average molecular weight is 608 g/mol. The topological polar surface area (TPSA) is 93.9 Å². The van der Waals surface area contributed by atoms with Crippen LogP contribution in [0.3, 0.4) is 0 Å². The highest BCUT2D eigenvalue weighted by Gasteiger charge is 2.61. The van der Waals surface area contributed by atoms with Crippen molar-refractivity contribution >= 4 is 12.1 Å². The highest BCUT2D eigenvalue weighted by atomic mass is 16.6. The molecule has 1 amide bonds. The van der Waals surface area contributed by atoms with E-state index in [1.54, 1.807) is 17.4 Å². The lowest BCUT2D eigenvalue weighted by molar-refractivity contribution is -0.178. The Morgan fingerprint density at radius 3 is 1.80 bits per heavy atom. The molecular formula is C37H41N3O5. The smallest absolute Gasteiger partial charge is 0.410 e. The van der Waals surface area contributed by atoms with Gasteiger partial charge < -0.3 is 24.0 Å². The Kier molecular flexibility index (Phi) is 7.81. The van der Waals surface area contributed by atoms with Gasteiger partial charge in [0.25, 0.3) is 0 Å². The van der Waals surface area contributed by atoms with Crippen molar-refractivity contribution in [3.63, 3.8) is 0 Å². The van der Waals surface area contributed by atoms with E-state index in [4.69, 9.17) is 9.47 Å². The largest absolute Gasteiger partial charge is 0.469 e. The summed E-state index contributed by atoms with van der Waals surface area (Å²) in [5.74, 6) is -0.757. The molecule has 1 saturated heterocycles. The Hall–Kier alpha value is -4.43. The van der Waals surface area contributed by atoms with Gasteiger partial charge in [-0.3, -0.25) is 4.79 Å². The number of amides is 1. The molecular weight excluding hydrogens is 566 g/mol. The second-order valence-corrected chi connectivity index (χ2v) is 13.6. The SMILES string of the molecule is COC(=O)CC(O)(c1cncn1C(c1ccccc1)(c1ccccc1)c1ccccc1)C1CC2(C1)CN(C(=O)OC(C)(C)C)C2. The fourth-order valence-corrected chi connectivity index (χ4v) is 7.37. The van der Waals surface area contributed by atoms with Crippen LogP contribution in [0.1, 0.15) is 62.4 Å². The predicted octanol–water partition coefficient (Wildman–Crippen LogP) is 6.12. The van der Waals surface area contributed by atoms with Crippen LogP contribution in [-0.2, 0) is 25.4 Å². The lowest BCUT2D eigenvalue weighted by Gasteiger charge is -2.61. The molecule has 1 atom stereocenters. The molecule has 1 N–H and O–H groups in total. The fraction of sp³-hybridized carbons (Fsp3) is 0.378. The van der Waals surface area contributed by atoms with Crippen molar-refractivity contribution in [1.29, 1.82) is 0 Å². The first-order valence-electron chi connectivity index (χ1n) is 15.5. The van der Waals surface area contributed by atoms with Crippen LogP contribution in [0.5, 0.6) is 0 Å². The van der Waals surface area contributed by atoms with Crippen molar-refractivity contribution in [1.82, 2.24) is 14.5 Å². The van der Waals surface area contributed by atoms with E-state index in [9.17, 15) is 14.7 Å². The number of aliphatic hydroxyl groups is 1. The second kappa shape index (κ2) is 11.5. The number of carbonyl (C=O) groups excluding carboxylic acids is 2. The minimum Gasteiger partial charge on any atom is -0.469 e. The Balaban J connectivity index is 1.44. The van der Waals surface area contributed by atoms with Gasteiger partial charge in [0, 0.05) is 18.5 Å². The number of imidazole rings is 1. The summed E-state index contributed by atoms with van der Waals surface area (Å²) in [5, 5.41) is 12.8. The lowest BCUT2D eigenvalue weighted by Crippen LogP contribution is -2.67. The number of rotatable bonds is 8. The van der Waals surface area contributed by atoms with E-state index in [0.717, 1.165) is 16.7 Å². The van der Waals surface area contributed by atoms with Gasteiger partial charge in [-0.25, -0.2) is 9.78 Å². The molecule has 1 aliphatic heterocycles. The number of carbonyl (C=O) groups is 2. The molecule has 6 rings (SSSR count). The molecule has 8 nitrogen and oxygen atoms in total. The average Bonchev–Trinajstić information content (AvgIpc) is 3.48. The van der Waals surface area contributed by atoms with Crippen LogP contribution in [0.4, 0.5) is 4.79 Å². The van der Waals surface area contributed by atoms with E-state index < -0.39 is 22.7 Å². The Morgan fingerprint density at radius 2 is 1.36 bits per heavy atom. The Bertz CT molecular complexity index is 1540. The zero-order valence-electron chi connectivity index (χ0n) is 26.3. The van der Waals surface area contributed by atoms with E-state index in [1.807, 2.05) is 79.9 Å². The third-order valence-electron chi connectivity index (χ3n) is 9.40. The van der Waals surface area contributed by atoms with Crippen LogP contribution in [0, 0.1) is 11.3 Å². The quantitative estimate of drug-likeness (QED) is 0.192. The molecule has 2 aliphatic rings. The standard InChI is InChI=1S/C37H41N3O5/c1-34(2,3)45-33(42)39-24-35(25-39)20-30(21-35)36(43,22-32(41)44-4)31-23-38-26-40(31)37(27-14-8-5-9-15-27,28-16-10-6-11-17-28)29-18-12-7-13-19-29/h5-19,23,26,30,43H,20-22,24-25H2,1-4H3. The van der Waals surface area contributed by atoms with Crippen LogP contribution in [0.25, 0.3) is 0 Å². The number of ether oxygens (including phenoxy) is 2. The molecule has 2 fully saturated rings. The minimum absolute atomic E-state index is 0.119. The highest BCUT2D eigenvalue weighted by molar-refractivity contribution is 5.71. The zero-order chi connectivity index (χ0) is 31.9. The van der Waals surface area contributed by atoms with Crippen LogP contribution < -0.4 is 0 Å². The molecule has 234 valence electrons. The third-order valence-corrected chi connectivity index (χ3v) is 9.40. The van der Waals surface area contributed by atoms with Crippen molar-refractivity contribution in [2.75, 3.05) is 20.2 Å². The maximum Gasteiger partial charge on any atom is 0.410 e.